The summed E-state index contributed by atoms with van der Waals surface area (Å²) in [5.74, 6) is 0.342. The lowest BCUT2D eigenvalue weighted by Gasteiger charge is -2.06. The van der Waals surface area contributed by atoms with Crippen LogP contribution in [0.3, 0.4) is 0 Å². The van der Waals surface area contributed by atoms with E-state index in [0.29, 0.717) is 12.2 Å². The van der Waals surface area contributed by atoms with Crippen molar-refractivity contribution in [2.24, 2.45) is 5.73 Å². The zero-order valence-electron chi connectivity index (χ0n) is 7.63. The molecule has 1 aromatic rings. The second-order valence-corrected chi connectivity index (χ2v) is 3.60. The Morgan fingerprint density at radius 1 is 1.54 bits per heavy atom. The minimum absolute atomic E-state index is 0.342. The summed E-state index contributed by atoms with van der Waals surface area (Å²) >= 11 is 5.66. The number of alkyl halides is 1. The van der Waals surface area contributed by atoms with Crippen LogP contribution in [0.2, 0.25) is 0 Å². The maximum Gasteiger partial charge on any atom is 0.118 e. The summed E-state index contributed by atoms with van der Waals surface area (Å²) in [7, 11) is 0. The molecule has 0 spiro atoms. The minimum atomic E-state index is -0.353. The summed E-state index contributed by atoms with van der Waals surface area (Å²) in [5.41, 5.74) is 7.11. The van der Waals surface area contributed by atoms with Gasteiger partial charge in [0.2, 0.25) is 0 Å². The van der Waals surface area contributed by atoms with Gasteiger partial charge in [0.15, 0.2) is 0 Å². The monoisotopic (exact) mass is 199 g/mol. The third-order valence-electron chi connectivity index (χ3n) is 1.96. The third-order valence-corrected chi connectivity index (χ3v) is 2.11. The van der Waals surface area contributed by atoms with Crippen molar-refractivity contribution in [2.75, 3.05) is 0 Å². The summed E-state index contributed by atoms with van der Waals surface area (Å²) < 4.78 is 0. The van der Waals surface area contributed by atoms with Crippen molar-refractivity contribution in [3.05, 3.63) is 29.3 Å². The van der Waals surface area contributed by atoms with Crippen LogP contribution in [-0.2, 0) is 12.8 Å². The molecule has 0 aliphatic rings. The zero-order chi connectivity index (χ0) is 9.84. The number of hydrogen-bond acceptors (Lipinski definition) is 2. The highest BCUT2D eigenvalue weighted by Crippen LogP contribution is 2.19. The predicted molar refractivity (Wildman–Crippen MR) is 55.0 cm³/mol. The standard InChI is InChI=1S/C10H14ClNO/c1-2-8-5-7(6-10(11)12)3-4-9(8)13/h3-5,10,13H,2,6,12H2,1H3. The highest BCUT2D eigenvalue weighted by molar-refractivity contribution is 6.20. The topological polar surface area (TPSA) is 46.2 Å². The Morgan fingerprint density at radius 2 is 2.23 bits per heavy atom. The van der Waals surface area contributed by atoms with E-state index in [9.17, 15) is 5.11 Å². The molecule has 0 amide bonds. The van der Waals surface area contributed by atoms with Gasteiger partial charge in [-0.3, -0.25) is 0 Å². The Balaban J connectivity index is 2.86. The third kappa shape index (κ3) is 2.90. The summed E-state index contributed by atoms with van der Waals surface area (Å²) in [6.45, 7) is 2.00. The average molecular weight is 200 g/mol. The van der Waals surface area contributed by atoms with Gasteiger partial charge >= 0.3 is 0 Å². The molecule has 0 saturated heterocycles. The van der Waals surface area contributed by atoms with Gasteiger partial charge in [0, 0.05) is 6.42 Å². The van der Waals surface area contributed by atoms with Gasteiger partial charge in [-0.15, -0.1) is 11.6 Å². The van der Waals surface area contributed by atoms with Gasteiger partial charge in [-0.25, -0.2) is 0 Å². The molecule has 0 aromatic heterocycles. The summed E-state index contributed by atoms with van der Waals surface area (Å²) in [4.78, 5) is 0. The van der Waals surface area contributed by atoms with Gasteiger partial charge < -0.3 is 10.8 Å². The number of halogens is 1. The molecule has 0 bridgehead atoms. The molecule has 3 N–H and O–H groups in total. The summed E-state index contributed by atoms with van der Waals surface area (Å²) in [6, 6.07) is 5.47. The Labute approximate surface area is 83.3 Å². The summed E-state index contributed by atoms with van der Waals surface area (Å²) in [5, 5.41) is 9.40. The first-order valence-electron chi connectivity index (χ1n) is 4.34. The number of hydrogen-bond donors (Lipinski definition) is 2. The highest BCUT2D eigenvalue weighted by Gasteiger charge is 2.03. The molecule has 0 heterocycles. The molecule has 0 radical (unpaired) electrons. The van der Waals surface area contributed by atoms with Crippen LogP contribution < -0.4 is 5.73 Å². The molecule has 13 heavy (non-hydrogen) atoms. The largest absolute Gasteiger partial charge is 0.508 e. The molecule has 1 aromatic carbocycles. The molecule has 0 aliphatic heterocycles. The molecule has 72 valence electrons. The second-order valence-electron chi connectivity index (χ2n) is 3.04. The number of phenols is 1. The lowest BCUT2D eigenvalue weighted by atomic mass is 10.1. The lowest BCUT2D eigenvalue weighted by molar-refractivity contribution is 0.468. The number of rotatable bonds is 3. The highest BCUT2D eigenvalue weighted by atomic mass is 35.5. The molecular weight excluding hydrogens is 186 g/mol. The van der Waals surface area contributed by atoms with Crippen LogP contribution in [0, 0.1) is 0 Å². The van der Waals surface area contributed by atoms with Crippen LogP contribution in [0.4, 0.5) is 0 Å². The molecule has 1 rings (SSSR count). The number of nitrogens with two attached hydrogens (primary N) is 1. The van der Waals surface area contributed by atoms with Crippen LogP contribution >= 0.6 is 11.6 Å². The van der Waals surface area contributed by atoms with Crippen molar-refractivity contribution in [3.8, 4) is 5.75 Å². The van der Waals surface area contributed by atoms with Gasteiger partial charge in [-0.05, 0) is 23.6 Å². The predicted octanol–water partition coefficient (Wildman–Crippen LogP) is 2.02. The van der Waals surface area contributed by atoms with Crippen molar-refractivity contribution in [1.29, 1.82) is 0 Å². The average Bonchev–Trinajstić information content (AvgIpc) is 2.07. The number of aromatic hydroxyl groups is 1. The van der Waals surface area contributed by atoms with E-state index >= 15 is 0 Å². The van der Waals surface area contributed by atoms with Crippen molar-refractivity contribution in [2.45, 2.75) is 25.3 Å². The first-order chi connectivity index (χ1) is 6.13. The zero-order valence-corrected chi connectivity index (χ0v) is 8.38. The van der Waals surface area contributed by atoms with Gasteiger partial charge in [0.25, 0.3) is 0 Å². The maximum atomic E-state index is 9.40. The fourth-order valence-electron chi connectivity index (χ4n) is 1.27. The van der Waals surface area contributed by atoms with Crippen molar-refractivity contribution in [1.82, 2.24) is 0 Å². The normalized spacial score (nSPS) is 12.8. The Hall–Kier alpha value is -0.730. The maximum absolute atomic E-state index is 9.40. The van der Waals surface area contributed by atoms with Crippen molar-refractivity contribution >= 4 is 11.6 Å². The molecule has 3 heteroatoms. The Kier molecular flexibility index (Phi) is 3.58. The van der Waals surface area contributed by atoms with E-state index < -0.39 is 0 Å². The van der Waals surface area contributed by atoms with Gasteiger partial charge in [0.1, 0.15) is 5.75 Å². The Bertz CT molecular complexity index is 286. The smallest absolute Gasteiger partial charge is 0.118 e. The fourth-order valence-corrected chi connectivity index (χ4v) is 1.45. The molecule has 0 aliphatic carbocycles. The van der Waals surface area contributed by atoms with Gasteiger partial charge in [-0.1, -0.05) is 19.1 Å². The lowest BCUT2D eigenvalue weighted by Crippen LogP contribution is -2.14. The van der Waals surface area contributed by atoms with Crippen LogP contribution in [-0.4, -0.2) is 10.6 Å². The van der Waals surface area contributed by atoms with E-state index in [4.69, 9.17) is 17.3 Å². The molecule has 0 fully saturated rings. The number of aryl methyl sites for hydroxylation is 1. The van der Waals surface area contributed by atoms with Crippen LogP contribution in [0.5, 0.6) is 5.75 Å². The quantitative estimate of drug-likeness (QED) is 0.578. The van der Waals surface area contributed by atoms with Gasteiger partial charge in [-0.2, -0.15) is 0 Å². The van der Waals surface area contributed by atoms with E-state index in [1.807, 2.05) is 19.1 Å². The molecular formula is C10H14ClNO. The van der Waals surface area contributed by atoms with Crippen molar-refractivity contribution < 1.29 is 5.11 Å². The SMILES string of the molecule is CCc1cc(CC(N)Cl)ccc1O. The number of benzene rings is 1. The molecule has 1 unspecified atom stereocenters. The fraction of sp³-hybridized carbons (Fsp3) is 0.400. The van der Waals surface area contributed by atoms with Gasteiger partial charge in [0.05, 0.1) is 5.50 Å². The van der Waals surface area contributed by atoms with E-state index in [2.05, 4.69) is 0 Å². The van der Waals surface area contributed by atoms with Crippen LogP contribution in [0.15, 0.2) is 18.2 Å². The van der Waals surface area contributed by atoms with Crippen molar-refractivity contribution in [3.63, 3.8) is 0 Å². The molecule has 0 saturated carbocycles. The van der Waals surface area contributed by atoms with E-state index in [1.54, 1.807) is 6.07 Å². The molecule has 2 nitrogen and oxygen atoms in total. The van der Waals surface area contributed by atoms with Crippen LogP contribution in [0.25, 0.3) is 0 Å². The minimum Gasteiger partial charge on any atom is -0.508 e. The van der Waals surface area contributed by atoms with E-state index in [0.717, 1.165) is 17.5 Å². The first-order valence-corrected chi connectivity index (χ1v) is 4.77. The van der Waals surface area contributed by atoms with E-state index in [1.165, 1.54) is 0 Å². The summed E-state index contributed by atoms with van der Waals surface area (Å²) in [6.07, 6.45) is 1.45. The van der Waals surface area contributed by atoms with Crippen LogP contribution in [0.1, 0.15) is 18.1 Å². The number of phenolic OH excluding ortho intramolecular Hbond substituents is 1. The molecule has 1 atom stereocenters. The second kappa shape index (κ2) is 4.49. The first kappa shape index (κ1) is 10.4. The Morgan fingerprint density at radius 3 is 2.77 bits per heavy atom. The van der Waals surface area contributed by atoms with E-state index in [-0.39, 0.29) is 5.50 Å².